The molecular weight excluding hydrogens is 560 g/mol. The fourth-order valence-electron chi connectivity index (χ4n) is 5.99. The maximum Gasteiger partial charge on any atom is 0.246 e. The number of carbonyl (C=O) groups excluding carboxylic acids is 5. The van der Waals surface area contributed by atoms with E-state index >= 15 is 0 Å². The first kappa shape index (κ1) is 32.9. The first-order valence-corrected chi connectivity index (χ1v) is 15.6. The van der Waals surface area contributed by atoms with Crippen molar-refractivity contribution in [1.82, 2.24) is 20.9 Å². The number of amides is 4. The van der Waals surface area contributed by atoms with Crippen LogP contribution in [0, 0.1) is 0 Å². The van der Waals surface area contributed by atoms with E-state index < -0.39 is 47.5 Å². The second-order valence-electron chi connectivity index (χ2n) is 12.2. The van der Waals surface area contributed by atoms with Gasteiger partial charge in [0.15, 0.2) is 5.78 Å². The van der Waals surface area contributed by atoms with Crippen LogP contribution in [0.4, 0.5) is 0 Å². The molecule has 0 radical (unpaired) electrons. The average Bonchev–Trinajstić information content (AvgIpc) is 3.50. The smallest absolute Gasteiger partial charge is 0.246 e. The monoisotopic (exact) mass is 604 g/mol. The maximum atomic E-state index is 14.1. The molecule has 10 nitrogen and oxygen atoms in total. The first-order chi connectivity index (χ1) is 21.1. The van der Waals surface area contributed by atoms with Crippen molar-refractivity contribution < 1.29 is 29.1 Å². The lowest BCUT2D eigenvalue weighted by atomic mass is 9.90. The van der Waals surface area contributed by atoms with E-state index in [0.717, 1.165) is 11.1 Å². The number of carbonyl (C=O) groups is 5. The van der Waals surface area contributed by atoms with E-state index in [0.29, 0.717) is 45.1 Å². The van der Waals surface area contributed by atoms with E-state index in [1.165, 1.54) is 11.8 Å². The van der Waals surface area contributed by atoms with Gasteiger partial charge < -0.3 is 26.0 Å². The Kier molecular flexibility index (Phi) is 11.3. The topological polar surface area (TPSA) is 145 Å². The Bertz CT molecular complexity index is 1320. The molecule has 0 bridgehead atoms. The minimum absolute atomic E-state index is 0.173. The summed E-state index contributed by atoms with van der Waals surface area (Å²) < 4.78 is 0. The molecule has 2 aromatic rings. The Balaban J connectivity index is 1.62. The van der Waals surface area contributed by atoms with Crippen LogP contribution in [0.25, 0.3) is 0 Å². The molecule has 10 heteroatoms. The molecule has 1 unspecified atom stereocenters. The summed E-state index contributed by atoms with van der Waals surface area (Å²) in [7, 11) is 0. The van der Waals surface area contributed by atoms with Gasteiger partial charge >= 0.3 is 0 Å². The van der Waals surface area contributed by atoms with Crippen molar-refractivity contribution in [2.75, 3.05) is 6.54 Å². The van der Waals surface area contributed by atoms with E-state index in [-0.39, 0.29) is 31.0 Å². The molecule has 4 N–H and O–H groups in total. The fourth-order valence-corrected chi connectivity index (χ4v) is 5.99. The average molecular weight is 605 g/mol. The molecule has 2 fully saturated rings. The number of hydrogen-bond acceptors (Lipinski definition) is 6. The number of unbranched alkanes of at least 4 members (excludes halogenated alkanes) is 2. The SMILES string of the molecule is C[C@@H](O)C(=O)CCCCC[C@@H]1NC(=O)[C@H]2CCCN2C(=O)C(Cc2ccccc2)NC(=O)[C@@](C)(Cc2ccccc2)NC1=O. The van der Waals surface area contributed by atoms with Gasteiger partial charge in [-0.25, -0.2) is 0 Å². The second-order valence-corrected chi connectivity index (χ2v) is 12.2. The first-order valence-electron chi connectivity index (χ1n) is 15.6. The molecule has 236 valence electrons. The van der Waals surface area contributed by atoms with E-state index in [4.69, 9.17) is 0 Å². The molecule has 2 heterocycles. The molecule has 0 aliphatic carbocycles. The van der Waals surface area contributed by atoms with Crippen molar-refractivity contribution in [3.8, 4) is 0 Å². The van der Waals surface area contributed by atoms with E-state index in [1.807, 2.05) is 60.7 Å². The van der Waals surface area contributed by atoms with Gasteiger partial charge in [0.05, 0.1) is 0 Å². The van der Waals surface area contributed by atoms with Gasteiger partial charge in [0, 0.05) is 25.8 Å². The summed E-state index contributed by atoms with van der Waals surface area (Å²) in [5.41, 5.74) is 0.262. The van der Waals surface area contributed by atoms with Crippen LogP contribution in [0.3, 0.4) is 0 Å². The van der Waals surface area contributed by atoms with Crippen LogP contribution in [-0.2, 0) is 36.8 Å². The zero-order valence-electron chi connectivity index (χ0n) is 25.6. The van der Waals surface area contributed by atoms with E-state index in [9.17, 15) is 29.1 Å². The number of Topliss-reactive ketones (excluding diaryl/α,β-unsaturated/α-hetero) is 1. The van der Waals surface area contributed by atoms with Crippen LogP contribution in [0.15, 0.2) is 60.7 Å². The van der Waals surface area contributed by atoms with Crippen LogP contribution >= 0.6 is 0 Å². The number of aliphatic hydroxyl groups is 1. The number of aliphatic hydroxyl groups excluding tert-OH is 1. The molecule has 0 saturated carbocycles. The van der Waals surface area contributed by atoms with Crippen molar-refractivity contribution in [2.45, 2.75) is 101 Å². The Hall–Kier alpha value is -4.05. The van der Waals surface area contributed by atoms with Gasteiger partial charge in [0.1, 0.15) is 29.8 Å². The van der Waals surface area contributed by atoms with Crippen molar-refractivity contribution >= 4 is 29.4 Å². The molecule has 4 amide bonds. The van der Waals surface area contributed by atoms with Gasteiger partial charge in [-0.05, 0) is 50.7 Å². The van der Waals surface area contributed by atoms with Crippen molar-refractivity contribution in [3.63, 3.8) is 0 Å². The van der Waals surface area contributed by atoms with Crippen LogP contribution in [0.1, 0.15) is 69.9 Å². The highest BCUT2D eigenvalue weighted by molar-refractivity contribution is 5.99. The molecule has 0 aromatic heterocycles. The fraction of sp³-hybridized carbons (Fsp3) is 0.500. The molecule has 2 aromatic carbocycles. The number of nitrogens with one attached hydrogen (secondary N) is 3. The van der Waals surface area contributed by atoms with Crippen LogP contribution in [0.5, 0.6) is 0 Å². The highest BCUT2D eigenvalue weighted by Gasteiger charge is 2.43. The highest BCUT2D eigenvalue weighted by atomic mass is 16.3. The normalized spacial score (nSPS) is 25.2. The largest absolute Gasteiger partial charge is 0.386 e. The summed E-state index contributed by atoms with van der Waals surface area (Å²) >= 11 is 0. The van der Waals surface area contributed by atoms with Gasteiger partial charge in [0.2, 0.25) is 23.6 Å². The standard InChI is InChI=1S/C34H44N4O6/c1-23(39)29(40)19-11-5-10-17-26-30(41)37-34(2,22-25-15-8-4-9-16-25)33(44)36-27(21-24-13-6-3-7-14-24)32(43)38-20-12-18-28(38)31(42)35-26/h3-4,6-9,13-16,23,26-28,39H,5,10-12,17-22H2,1-2H3,(H,35,42)(H,36,44)(H,37,41)/t23-,26+,27?,28-,34-/m1/s1. The van der Waals surface area contributed by atoms with Crippen molar-refractivity contribution in [1.29, 1.82) is 0 Å². The van der Waals surface area contributed by atoms with Crippen LogP contribution in [-0.4, -0.2) is 75.7 Å². The number of hydrogen-bond donors (Lipinski definition) is 4. The zero-order valence-corrected chi connectivity index (χ0v) is 25.6. The number of ketones is 1. The number of benzene rings is 2. The molecule has 4 rings (SSSR count). The highest BCUT2D eigenvalue weighted by Crippen LogP contribution is 2.23. The van der Waals surface area contributed by atoms with E-state index in [1.54, 1.807) is 6.92 Å². The quantitative estimate of drug-likeness (QED) is 0.290. The Morgan fingerprint density at radius 1 is 0.909 bits per heavy atom. The summed E-state index contributed by atoms with van der Waals surface area (Å²) in [6.07, 6.45) is 2.74. The minimum atomic E-state index is -1.43. The second kappa shape index (κ2) is 15.1. The minimum Gasteiger partial charge on any atom is -0.386 e. The summed E-state index contributed by atoms with van der Waals surface area (Å²) in [5, 5.41) is 18.2. The molecule has 44 heavy (non-hydrogen) atoms. The third-order valence-corrected chi connectivity index (χ3v) is 8.54. The van der Waals surface area contributed by atoms with Gasteiger partial charge in [-0.1, -0.05) is 73.5 Å². The molecule has 2 aliphatic heterocycles. The number of rotatable bonds is 11. The van der Waals surface area contributed by atoms with Gasteiger partial charge in [-0.3, -0.25) is 24.0 Å². The summed E-state index contributed by atoms with van der Waals surface area (Å²) in [5.74, 6) is -1.92. The lowest BCUT2D eigenvalue weighted by Crippen LogP contribution is -2.66. The molecular formula is C34H44N4O6. The summed E-state index contributed by atoms with van der Waals surface area (Å²) in [6.45, 7) is 3.46. The lowest BCUT2D eigenvalue weighted by Gasteiger charge is -2.36. The maximum absolute atomic E-state index is 14.1. The zero-order chi connectivity index (χ0) is 31.7. The molecule has 0 spiro atoms. The number of fused-ring (bicyclic) bond motifs is 1. The molecule has 5 atom stereocenters. The Morgan fingerprint density at radius 3 is 2.23 bits per heavy atom. The Morgan fingerprint density at radius 2 is 1.57 bits per heavy atom. The number of nitrogens with zero attached hydrogens (tertiary/aromatic N) is 1. The third-order valence-electron chi connectivity index (χ3n) is 8.54. The Labute approximate surface area is 259 Å². The van der Waals surface area contributed by atoms with Gasteiger partial charge in [0.25, 0.3) is 0 Å². The van der Waals surface area contributed by atoms with Crippen molar-refractivity contribution in [3.05, 3.63) is 71.8 Å². The van der Waals surface area contributed by atoms with Gasteiger partial charge in [-0.2, -0.15) is 0 Å². The summed E-state index contributed by atoms with van der Waals surface area (Å²) in [6, 6.07) is 16.1. The molecule has 2 aliphatic rings. The predicted molar refractivity (Wildman–Crippen MR) is 165 cm³/mol. The molecule has 2 saturated heterocycles. The van der Waals surface area contributed by atoms with Crippen LogP contribution in [0.2, 0.25) is 0 Å². The summed E-state index contributed by atoms with van der Waals surface area (Å²) in [4.78, 5) is 68.9. The van der Waals surface area contributed by atoms with Gasteiger partial charge in [-0.15, -0.1) is 0 Å². The van der Waals surface area contributed by atoms with Crippen molar-refractivity contribution in [2.24, 2.45) is 0 Å². The van der Waals surface area contributed by atoms with E-state index in [2.05, 4.69) is 16.0 Å². The van der Waals surface area contributed by atoms with Crippen LogP contribution < -0.4 is 16.0 Å². The predicted octanol–water partition coefficient (Wildman–Crippen LogP) is 2.22. The third kappa shape index (κ3) is 8.53. The lowest BCUT2D eigenvalue weighted by molar-refractivity contribution is -0.144.